The number of ether oxygens (including phenoxy) is 1. The molecule has 0 N–H and O–H groups in total. The predicted octanol–water partition coefficient (Wildman–Crippen LogP) is 4.16. The molecule has 3 aromatic rings. The molecule has 0 bridgehead atoms. The van der Waals surface area contributed by atoms with Crippen LogP contribution in [0.4, 0.5) is 10.1 Å². The van der Waals surface area contributed by atoms with E-state index in [9.17, 15) is 9.18 Å². The van der Waals surface area contributed by atoms with Crippen LogP contribution >= 0.6 is 0 Å². The van der Waals surface area contributed by atoms with Gasteiger partial charge in [0.1, 0.15) is 17.1 Å². The smallest absolute Gasteiger partial charge is 0.336 e. The quantitative estimate of drug-likeness (QED) is 0.658. The van der Waals surface area contributed by atoms with Crippen LogP contribution in [0.15, 0.2) is 45.6 Å². The lowest BCUT2D eigenvalue weighted by atomic mass is 10.0. The molecule has 4 rings (SSSR count). The molecule has 2 heterocycles. The highest BCUT2D eigenvalue weighted by Crippen LogP contribution is 2.35. The lowest BCUT2D eigenvalue weighted by Crippen LogP contribution is -2.32. The molecule has 0 aliphatic carbocycles. The number of halogens is 1. The highest BCUT2D eigenvalue weighted by molar-refractivity contribution is 5.85. The molecule has 1 aliphatic rings. The van der Waals surface area contributed by atoms with Crippen LogP contribution in [0.1, 0.15) is 23.6 Å². The summed E-state index contributed by atoms with van der Waals surface area (Å²) in [5.41, 5.74) is 3.30. The normalized spacial score (nSPS) is 13.6. The zero-order valence-corrected chi connectivity index (χ0v) is 14.1. The Kier molecular flexibility index (Phi) is 3.71. The van der Waals surface area contributed by atoms with Crippen molar-refractivity contribution in [3.63, 3.8) is 0 Å². The van der Waals surface area contributed by atoms with Crippen molar-refractivity contribution in [2.75, 3.05) is 11.6 Å². The Bertz CT molecular complexity index is 1030. The zero-order chi connectivity index (χ0) is 17.6. The first-order valence-electron chi connectivity index (χ1n) is 8.29. The zero-order valence-electron chi connectivity index (χ0n) is 14.1. The van der Waals surface area contributed by atoms with Crippen molar-refractivity contribution in [3.05, 3.63) is 69.3 Å². The number of hydrogen-bond donors (Lipinski definition) is 0. The van der Waals surface area contributed by atoms with E-state index in [1.165, 1.54) is 12.1 Å². The summed E-state index contributed by atoms with van der Waals surface area (Å²) in [7, 11) is 0. The molecule has 0 fully saturated rings. The summed E-state index contributed by atoms with van der Waals surface area (Å²) in [6.45, 7) is 4.55. The molecule has 0 unspecified atom stereocenters. The van der Waals surface area contributed by atoms with Gasteiger partial charge in [-0.1, -0.05) is 13.0 Å². The molecule has 1 aliphatic heterocycles. The lowest BCUT2D eigenvalue weighted by Gasteiger charge is -2.31. The summed E-state index contributed by atoms with van der Waals surface area (Å²) in [6, 6.07) is 10.5. The maximum absolute atomic E-state index is 13.9. The van der Waals surface area contributed by atoms with Crippen molar-refractivity contribution in [2.24, 2.45) is 0 Å². The molecule has 0 amide bonds. The first-order chi connectivity index (χ1) is 12.1. The van der Waals surface area contributed by atoms with E-state index in [4.69, 9.17) is 9.15 Å². The van der Waals surface area contributed by atoms with Crippen molar-refractivity contribution in [3.8, 4) is 5.75 Å². The molecule has 128 valence electrons. The summed E-state index contributed by atoms with van der Waals surface area (Å²) in [5, 5.41) is 0.918. The average molecular weight is 339 g/mol. The van der Waals surface area contributed by atoms with Gasteiger partial charge in [-0.2, -0.15) is 0 Å². The van der Waals surface area contributed by atoms with Crippen molar-refractivity contribution < 1.29 is 13.5 Å². The Morgan fingerprint density at radius 3 is 2.80 bits per heavy atom. The number of aryl methyl sites for hydroxylation is 2. The Balaban J connectivity index is 1.82. The number of anilines is 1. The molecule has 4 nitrogen and oxygen atoms in total. The summed E-state index contributed by atoms with van der Waals surface area (Å²) in [5.74, 6) is 0.453. The number of rotatable bonds is 2. The summed E-state index contributed by atoms with van der Waals surface area (Å²) >= 11 is 0. The third-order valence-corrected chi connectivity index (χ3v) is 4.68. The number of benzene rings is 2. The average Bonchev–Trinajstić information content (AvgIpc) is 2.62. The molecule has 0 saturated carbocycles. The summed E-state index contributed by atoms with van der Waals surface area (Å²) < 4.78 is 25.2. The molecule has 1 aromatic heterocycles. The van der Waals surface area contributed by atoms with Crippen LogP contribution in [0, 0.1) is 12.7 Å². The van der Waals surface area contributed by atoms with Crippen LogP contribution in [0.5, 0.6) is 5.75 Å². The second-order valence-electron chi connectivity index (χ2n) is 6.27. The van der Waals surface area contributed by atoms with E-state index in [0.29, 0.717) is 30.2 Å². The third-order valence-electron chi connectivity index (χ3n) is 4.68. The van der Waals surface area contributed by atoms with Crippen LogP contribution in [0.2, 0.25) is 0 Å². The highest BCUT2D eigenvalue weighted by Gasteiger charge is 2.23. The van der Waals surface area contributed by atoms with E-state index < -0.39 is 0 Å². The van der Waals surface area contributed by atoms with Gasteiger partial charge in [0, 0.05) is 17.1 Å². The van der Waals surface area contributed by atoms with Gasteiger partial charge in [-0.15, -0.1) is 0 Å². The molecule has 0 radical (unpaired) electrons. The van der Waals surface area contributed by atoms with Gasteiger partial charge >= 0.3 is 5.63 Å². The SMILES string of the molecule is CCc1cc(=O)oc2c3c(ccc12)OCN(c1ccc(C)c(F)c1)C3. The Labute approximate surface area is 144 Å². The second kappa shape index (κ2) is 5.92. The largest absolute Gasteiger partial charge is 0.473 e. The molecule has 0 spiro atoms. The monoisotopic (exact) mass is 339 g/mol. The molecule has 25 heavy (non-hydrogen) atoms. The fraction of sp³-hybridized carbons (Fsp3) is 0.250. The van der Waals surface area contributed by atoms with Gasteiger partial charge < -0.3 is 14.1 Å². The first-order valence-corrected chi connectivity index (χ1v) is 8.29. The molecule has 2 aromatic carbocycles. The van der Waals surface area contributed by atoms with Gasteiger partial charge in [0.05, 0.1) is 12.1 Å². The van der Waals surface area contributed by atoms with Crippen LogP contribution in [-0.2, 0) is 13.0 Å². The van der Waals surface area contributed by atoms with Crippen molar-refractivity contribution in [2.45, 2.75) is 26.8 Å². The van der Waals surface area contributed by atoms with E-state index in [1.807, 2.05) is 30.0 Å². The minimum Gasteiger partial charge on any atom is -0.473 e. The standard InChI is InChI=1S/C20H18FNO3/c1-3-13-8-19(23)25-20-15(13)6-7-18-16(20)10-22(11-24-18)14-5-4-12(2)17(21)9-14/h4-9H,3,10-11H2,1-2H3. The Morgan fingerprint density at radius 2 is 2.04 bits per heavy atom. The van der Waals surface area contributed by atoms with Gasteiger partial charge in [0.2, 0.25) is 0 Å². The van der Waals surface area contributed by atoms with E-state index in [2.05, 4.69) is 0 Å². The van der Waals surface area contributed by atoms with Crippen molar-refractivity contribution in [1.29, 1.82) is 0 Å². The van der Waals surface area contributed by atoms with Crippen molar-refractivity contribution in [1.82, 2.24) is 0 Å². The first kappa shape index (κ1) is 15.7. The van der Waals surface area contributed by atoms with Crippen LogP contribution in [0.3, 0.4) is 0 Å². The van der Waals surface area contributed by atoms with Gasteiger partial charge in [0.15, 0.2) is 6.73 Å². The van der Waals surface area contributed by atoms with Gasteiger partial charge in [-0.05, 0) is 48.7 Å². The van der Waals surface area contributed by atoms with Gasteiger partial charge in [-0.3, -0.25) is 0 Å². The van der Waals surface area contributed by atoms with Crippen LogP contribution in [-0.4, -0.2) is 6.73 Å². The van der Waals surface area contributed by atoms with Crippen molar-refractivity contribution >= 4 is 16.7 Å². The number of nitrogens with zero attached hydrogens (tertiary/aromatic N) is 1. The summed E-state index contributed by atoms with van der Waals surface area (Å²) in [6.07, 6.45) is 0.745. The molecular formula is C20H18FNO3. The third kappa shape index (κ3) is 2.65. The highest BCUT2D eigenvalue weighted by atomic mass is 19.1. The second-order valence-corrected chi connectivity index (χ2v) is 6.27. The molecule has 0 saturated heterocycles. The minimum atomic E-state index is -0.365. The topological polar surface area (TPSA) is 42.7 Å². The van der Waals surface area contributed by atoms with Crippen LogP contribution < -0.4 is 15.3 Å². The molecular weight excluding hydrogens is 321 g/mol. The Hall–Kier alpha value is -2.82. The fourth-order valence-electron chi connectivity index (χ4n) is 3.23. The van der Waals surface area contributed by atoms with E-state index >= 15 is 0 Å². The predicted molar refractivity (Wildman–Crippen MR) is 94.7 cm³/mol. The van der Waals surface area contributed by atoms with E-state index in [-0.39, 0.29) is 11.4 Å². The number of fused-ring (bicyclic) bond motifs is 3. The lowest BCUT2D eigenvalue weighted by molar-refractivity contribution is 0.289. The van der Waals surface area contributed by atoms with Crippen LogP contribution in [0.25, 0.3) is 11.0 Å². The molecule has 5 heteroatoms. The van der Waals surface area contributed by atoms with Gasteiger partial charge in [0.25, 0.3) is 0 Å². The maximum Gasteiger partial charge on any atom is 0.336 e. The number of hydrogen-bond acceptors (Lipinski definition) is 4. The summed E-state index contributed by atoms with van der Waals surface area (Å²) in [4.78, 5) is 13.8. The Morgan fingerprint density at radius 1 is 1.20 bits per heavy atom. The molecule has 0 atom stereocenters. The fourth-order valence-corrected chi connectivity index (χ4v) is 3.23. The maximum atomic E-state index is 13.9. The minimum absolute atomic E-state index is 0.249. The van der Waals surface area contributed by atoms with Gasteiger partial charge in [-0.25, -0.2) is 9.18 Å². The van der Waals surface area contributed by atoms with E-state index in [1.54, 1.807) is 13.0 Å². The van der Waals surface area contributed by atoms with E-state index in [0.717, 1.165) is 28.6 Å².